The van der Waals surface area contributed by atoms with Crippen LogP contribution in [0.3, 0.4) is 0 Å². The second-order valence-electron chi connectivity index (χ2n) is 5.14. The molecule has 0 bridgehead atoms. The highest BCUT2D eigenvalue weighted by Gasteiger charge is 2.13. The predicted molar refractivity (Wildman–Crippen MR) is 87.5 cm³/mol. The summed E-state index contributed by atoms with van der Waals surface area (Å²) in [6.45, 7) is 2.13. The summed E-state index contributed by atoms with van der Waals surface area (Å²) in [4.78, 5) is 15.9. The van der Waals surface area contributed by atoms with Gasteiger partial charge in [-0.05, 0) is 54.7 Å². The van der Waals surface area contributed by atoms with Crippen LogP contribution < -0.4 is 5.32 Å². The summed E-state index contributed by atoms with van der Waals surface area (Å²) in [7, 11) is 0. The number of aromatic nitrogens is 1. The van der Waals surface area contributed by atoms with Crippen LogP contribution in [0.1, 0.15) is 30.2 Å². The molecule has 1 heterocycles. The molecule has 4 nitrogen and oxygen atoms in total. The standard InChI is InChI=1S/C18H18N2O2/c1-2-22-18(21)20-16-9-10-19-17(12-16)15-8-7-13-5-3-4-6-14(13)11-15/h3-6,9-12H,2,7-8H2,1H3,(H,19,20,21). The number of hydrogen-bond donors (Lipinski definition) is 1. The number of carbonyl (C=O) groups excluding carboxylic acids is 1. The van der Waals surface area contributed by atoms with E-state index in [1.807, 2.05) is 12.1 Å². The number of benzene rings is 1. The Hall–Kier alpha value is -2.62. The molecule has 0 saturated carbocycles. The van der Waals surface area contributed by atoms with Crippen molar-refractivity contribution >= 4 is 23.4 Å². The first-order valence-electron chi connectivity index (χ1n) is 7.45. The van der Waals surface area contributed by atoms with Crippen molar-refractivity contribution in [1.29, 1.82) is 0 Å². The van der Waals surface area contributed by atoms with E-state index in [9.17, 15) is 4.79 Å². The lowest BCUT2D eigenvalue weighted by atomic mass is 9.90. The van der Waals surface area contributed by atoms with Crippen LogP contribution in [0.2, 0.25) is 0 Å². The molecule has 2 aromatic rings. The number of carbonyl (C=O) groups is 1. The Balaban J connectivity index is 1.84. The Kier molecular flexibility index (Phi) is 4.19. The van der Waals surface area contributed by atoms with E-state index in [2.05, 4.69) is 34.6 Å². The fourth-order valence-electron chi connectivity index (χ4n) is 2.60. The van der Waals surface area contributed by atoms with Crippen molar-refractivity contribution < 1.29 is 9.53 Å². The number of pyridine rings is 1. The highest BCUT2D eigenvalue weighted by atomic mass is 16.5. The third-order valence-electron chi connectivity index (χ3n) is 3.66. The van der Waals surface area contributed by atoms with Crippen molar-refractivity contribution in [3.8, 4) is 0 Å². The molecule has 0 saturated heterocycles. The van der Waals surface area contributed by atoms with Crippen molar-refractivity contribution in [2.75, 3.05) is 11.9 Å². The number of hydrogen-bond acceptors (Lipinski definition) is 3. The quantitative estimate of drug-likeness (QED) is 0.925. The van der Waals surface area contributed by atoms with Crippen LogP contribution in [0.5, 0.6) is 0 Å². The summed E-state index contributed by atoms with van der Waals surface area (Å²) < 4.78 is 4.89. The molecule has 3 rings (SSSR count). The van der Waals surface area contributed by atoms with E-state index in [1.165, 1.54) is 16.7 Å². The van der Waals surface area contributed by atoms with Crippen molar-refractivity contribution in [2.24, 2.45) is 0 Å². The highest BCUT2D eigenvalue weighted by molar-refractivity contribution is 5.87. The first kappa shape index (κ1) is 14.3. The molecule has 0 unspecified atom stereocenters. The van der Waals surface area contributed by atoms with Crippen LogP contribution in [0.4, 0.5) is 10.5 Å². The smallest absolute Gasteiger partial charge is 0.411 e. The van der Waals surface area contributed by atoms with Crippen molar-refractivity contribution in [3.63, 3.8) is 0 Å². The largest absolute Gasteiger partial charge is 0.450 e. The van der Waals surface area contributed by atoms with E-state index in [0.29, 0.717) is 12.3 Å². The molecule has 0 spiro atoms. The van der Waals surface area contributed by atoms with Crippen LogP contribution in [0.25, 0.3) is 11.6 Å². The highest BCUT2D eigenvalue weighted by Crippen LogP contribution is 2.30. The number of ether oxygens (including phenoxy) is 1. The first-order valence-corrected chi connectivity index (χ1v) is 7.45. The lowest BCUT2D eigenvalue weighted by Gasteiger charge is -2.16. The average molecular weight is 294 g/mol. The first-order chi connectivity index (χ1) is 10.8. The van der Waals surface area contributed by atoms with Gasteiger partial charge in [-0.15, -0.1) is 0 Å². The topological polar surface area (TPSA) is 51.2 Å². The second kappa shape index (κ2) is 6.43. The Morgan fingerprint density at radius 2 is 2.14 bits per heavy atom. The normalized spacial score (nSPS) is 13.0. The molecule has 0 radical (unpaired) electrons. The van der Waals surface area contributed by atoms with Crippen LogP contribution in [-0.4, -0.2) is 17.7 Å². The van der Waals surface area contributed by atoms with Gasteiger partial charge in [0.05, 0.1) is 12.3 Å². The number of nitrogens with zero attached hydrogens (tertiary/aromatic N) is 1. The van der Waals surface area contributed by atoms with Crippen LogP contribution in [0.15, 0.2) is 42.6 Å². The summed E-state index contributed by atoms with van der Waals surface area (Å²) >= 11 is 0. The van der Waals surface area contributed by atoms with E-state index in [0.717, 1.165) is 18.5 Å². The van der Waals surface area contributed by atoms with E-state index < -0.39 is 6.09 Å². The molecule has 1 aromatic carbocycles. The van der Waals surface area contributed by atoms with Gasteiger partial charge in [0.1, 0.15) is 0 Å². The van der Waals surface area contributed by atoms with Gasteiger partial charge in [0.2, 0.25) is 0 Å². The molecule has 1 N–H and O–H groups in total. The molecule has 1 aliphatic rings. The maximum Gasteiger partial charge on any atom is 0.411 e. The third-order valence-corrected chi connectivity index (χ3v) is 3.66. The molecule has 4 heteroatoms. The Bertz CT molecular complexity index is 723. The summed E-state index contributed by atoms with van der Waals surface area (Å²) in [6.07, 6.45) is 5.40. The number of nitrogens with one attached hydrogen (secondary N) is 1. The zero-order valence-corrected chi connectivity index (χ0v) is 12.5. The van der Waals surface area contributed by atoms with Crippen molar-refractivity contribution in [2.45, 2.75) is 19.8 Å². The number of amides is 1. The zero-order chi connectivity index (χ0) is 15.4. The van der Waals surface area contributed by atoms with E-state index in [1.54, 1.807) is 19.2 Å². The molecule has 0 atom stereocenters. The fourth-order valence-corrected chi connectivity index (χ4v) is 2.60. The Morgan fingerprint density at radius 3 is 3.00 bits per heavy atom. The second-order valence-corrected chi connectivity index (χ2v) is 5.14. The van der Waals surface area contributed by atoms with Crippen LogP contribution >= 0.6 is 0 Å². The van der Waals surface area contributed by atoms with Crippen LogP contribution in [0, 0.1) is 0 Å². The lowest BCUT2D eigenvalue weighted by molar-refractivity contribution is 0.168. The molecule has 112 valence electrons. The predicted octanol–water partition coefficient (Wildman–Crippen LogP) is 4.14. The SMILES string of the molecule is CCOC(=O)Nc1ccnc(C2=Cc3ccccc3CC2)c1. The summed E-state index contributed by atoms with van der Waals surface area (Å²) in [5, 5.41) is 2.71. The van der Waals surface area contributed by atoms with Gasteiger partial charge < -0.3 is 4.74 Å². The molecule has 0 aliphatic heterocycles. The summed E-state index contributed by atoms with van der Waals surface area (Å²) in [6, 6.07) is 12.0. The fraction of sp³-hybridized carbons (Fsp3) is 0.222. The third kappa shape index (κ3) is 3.17. The summed E-state index contributed by atoms with van der Waals surface area (Å²) in [5.74, 6) is 0. The average Bonchev–Trinajstić information content (AvgIpc) is 2.55. The molecule has 0 fully saturated rings. The van der Waals surface area contributed by atoms with E-state index in [4.69, 9.17) is 4.74 Å². The minimum atomic E-state index is -0.442. The molecule has 1 aromatic heterocycles. The zero-order valence-electron chi connectivity index (χ0n) is 12.5. The Morgan fingerprint density at radius 1 is 1.27 bits per heavy atom. The molecular weight excluding hydrogens is 276 g/mol. The monoisotopic (exact) mass is 294 g/mol. The molecule has 22 heavy (non-hydrogen) atoms. The number of fused-ring (bicyclic) bond motifs is 1. The Labute approximate surface area is 129 Å². The maximum atomic E-state index is 11.5. The number of aryl methyl sites for hydroxylation is 1. The minimum absolute atomic E-state index is 0.353. The van der Waals surface area contributed by atoms with E-state index in [-0.39, 0.29) is 0 Å². The maximum absolute atomic E-state index is 11.5. The number of anilines is 1. The van der Waals surface area contributed by atoms with Gasteiger partial charge in [-0.25, -0.2) is 4.79 Å². The molecule has 1 amide bonds. The van der Waals surface area contributed by atoms with Gasteiger partial charge in [0.25, 0.3) is 0 Å². The van der Waals surface area contributed by atoms with Gasteiger partial charge >= 0.3 is 6.09 Å². The van der Waals surface area contributed by atoms with Crippen LogP contribution in [-0.2, 0) is 11.2 Å². The number of rotatable bonds is 3. The van der Waals surface area contributed by atoms with Gasteiger partial charge in [-0.2, -0.15) is 0 Å². The van der Waals surface area contributed by atoms with E-state index >= 15 is 0 Å². The molecular formula is C18H18N2O2. The van der Waals surface area contributed by atoms with Gasteiger partial charge in [0.15, 0.2) is 0 Å². The van der Waals surface area contributed by atoms with Gasteiger partial charge in [-0.3, -0.25) is 10.3 Å². The summed E-state index contributed by atoms with van der Waals surface area (Å²) in [5.41, 5.74) is 5.39. The van der Waals surface area contributed by atoms with Crippen molar-refractivity contribution in [1.82, 2.24) is 4.98 Å². The minimum Gasteiger partial charge on any atom is -0.450 e. The van der Waals surface area contributed by atoms with Gasteiger partial charge in [-0.1, -0.05) is 24.3 Å². The van der Waals surface area contributed by atoms with Gasteiger partial charge in [0, 0.05) is 11.9 Å². The van der Waals surface area contributed by atoms with Crippen molar-refractivity contribution in [3.05, 3.63) is 59.4 Å². The molecule has 1 aliphatic carbocycles. The lowest BCUT2D eigenvalue weighted by Crippen LogP contribution is -2.13. The number of allylic oxidation sites excluding steroid dienone is 1.